The largest absolute Gasteiger partial charge is 0.465 e. The van der Waals surface area contributed by atoms with Gasteiger partial charge in [-0.1, -0.05) is 36.4 Å². The molecule has 0 bridgehead atoms. The fourth-order valence-corrected chi connectivity index (χ4v) is 6.89. The number of aromatic amines is 2. The van der Waals surface area contributed by atoms with Gasteiger partial charge >= 0.3 is 12.1 Å². The molecule has 4 aromatic carbocycles. The van der Waals surface area contributed by atoms with E-state index in [-0.39, 0.29) is 17.7 Å². The summed E-state index contributed by atoms with van der Waals surface area (Å²) in [5.74, 6) is -1.24. The number of H-pyrrole nitrogens is 2. The van der Waals surface area contributed by atoms with E-state index in [4.69, 9.17) is 9.47 Å². The van der Waals surface area contributed by atoms with Gasteiger partial charge in [0.15, 0.2) is 0 Å². The van der Waals surface area contributed by atoms with Gasteiger partial charge in [-0.15, -0.1) is 0 Å². The highest BCUT2D eigenvalue weighted by molar-refractivity contribution is 6.18. The number of amides is 4. The third-order valence-electron chi connectivity index (χ3n) is 9.28. The van der Waals surface area contributed by atoms with Crippen molar-refractivity contribution in [3.8, 4) is 22.5 Å². The van der Waals surface area contributed by atoms with Crippen LogP contribution in [-0.4, -0.2) is 77.7 Å². The quantitative estimate of drug-likeness (QED) is 0.0805. The Morgan fingerprint density at radius 2 is 1.47 bits per heavy atom. The molecule has 3 heterocycles. The molecule has 0 aliphatic carbocycles. The summed E-state index contributed by atoms with van der Waals surface area (Å²) in [6, 6.07) is 24.7. The molecule has 6 N–H and O–H groups in total. The first kappa shape index (κ1) is 42.3. The molecule has 0 unspecified atom stereocenters. The van der Waals surface area contributed by atoms with Crippen molar-refractivity contribution in [3.63, 3.8) is 0 Å². The Kier molecular flexibility index (Phi) is 12.5. The molecule has 2 aromatic heterocycles. The molecule has 7 rings (SSSR count). The van der Waals surface area contributed by atoms with E-state index in [1.165, 1.54) is 25.9 Å². The number of anilines is 2. The number of esters is 1. The van der Waals surface area contributed by atoms with Crippen LogP contribution in [0.2, 0.25) is 0 Å². The van der Waals surface area contributed by atoms with E-state index in [2.05, 4.69) is 48.6 Å². The molecule has 310 valence electrons. The number of carbonyl (C=O) groups is 5. The fourth-order valence-electron chi connectivity index (χ4n) is 6.89. The number of carbonyl (C=O) groups excluding carboxylic acids is 5. The maximum Gasteiger partial charge on any atom is 0.410 e. The number of methoxy groups -OCH3 is 1. The molecule has 0 atom stereocenters. The van der Waals surface area contributed by atoms with Crippen molar-refractivity contribution in [2.24, 2.45) is 5.10 Å². The lowest BCUT2D eigenvalue weighted by Crippen LogP contribution is -2.33. The van der Waals surface area contributed by atoms with Crippen LogP contribution >= 0.6 is 0 Å². The van der Waals surface area contributed by atoms with Crippen LogP contribution in [-0.2, 0) is 32.2 Å². The van der Waals surface area contributed by atoms with Crippen molar-refractivity contribution in [1.82, 2.24) is 25.6 Å². The molecule has 0 spiro atoms. The number of benzene rings is 4. The molecule has 4 amide bonds. The van der Waals surface area contributed by atoms with E-state index in [0.717, 1.165) is 56.7 Å². The van der Waals surface area contributed by atoms with Crippen LogP contribution in [0.4, 0.5) is 16.2 Å². The summed E-state index contributed by atoms with van der Waals surface area (Å²) in [5, 5.41) is 14.1. The molecule has 1 aliphatic heterocycles. The minimum Gasteiger partial charge on any atom is -0.465 e. The monoisotopic (exact) mass is 812 g/mol. The molecule has 0 saturated heterocycles. The van der Waals surface area contributed by atoms with Crippen LogP contribution < -0.4 is 21.4 Å². The van der Waals surface area contributed by atoms with Crippen molar-refractivity contribution in [1.29, 1.82) is 0 Å². The van der Waals surface area contributed by atoms with Crippen LogP contribution in [0.1, 0.15) is 72.0 Å². The number of hydrogen-bond donors (Lipinski definition) is 6. The van der Waals surface area contributed by atoms with Crippen molar-refractivity contribution in [3.05, 3.63) is 107 Å². The first-order chi connectivity index (χ1) is 28.5. The predicted molar refractivity (Wildman–Crippen MR) is 233 cm³/mol. The Morgan fingerprint density at radius 1 is 0.817 bits per heavy atom. The summed E-state index contributed by atoms with van der Waals surface area (Å²) in [5.41, 5.74) is 11.8. The molecule has 0 radical (unpaired) electrons. The molecular weight excluding hydrogens is 765 g/mol. The number of fused-ring (bicyclic) bond motifs is 1. The standard InChI is InChI=1S/C25H29N3O5.C20H19N5O2/c1-15(29)26-18-11-20(23(30)32-6)19-13-21(27-22(19)12-18)17-9-7-8-16(10-17)14-28(5)24(31)33-25(2,3)4;1-11(26)23-14-7-15-18-16(10-22-25-20(15)27)19(24-17(18)8-14)13-5-3-4-12(6-13)9-21-2/h7-13,27H,14H2,1-6H3,(H,26,29);3-8,10,21,24H,9H2,1-2H3,(H,23,26)(H,25,27). The van der Waals surface area contributed by atoms with Gasteiger partial charge in [0.1, 0.15) is 5.60 Å². The molecule has 0 fully saturated rings. The summed E-state index contributed by atoms with van der Waals surface area (Å²) in [6.07, 6.45) is 1.26. The third-order valence-corrected chi connectivity index (χ3v) is 9.28. The van der Waals surface area contributed by atoms with Crippen molar-refractivity contribution in [2.75, 3.05) is 31.8 Å². The van der Waals surface area contributed by atoms with Gasteiger partial charge in [-0.2, -0.15) is 5.10 Å². The number of nitrogens with zero attached hydrogens (tertiary/aromatic N) is 2. The van der Waals surface area contributed by atoms with E-state index >= 15 is 0 Å². The highest BCUT2D eigenvalue weighted by Crippen LogP contribution is 2.35. The van der Waals surface area contributed by atoms with Crippen LogP contribution in [0.3, 0.4) is 0 Å². The van der Waals surface area contributed by atoms with Crippen LogP contribution in [0.25, 0.3) is 44.3 Å². The Hall–Kier alpha value is -7.26. The number of rotatable bonds is 9. The molecule has 0 saturated carbocycles. The second-order valence-corrected chi connectivity index (χ2v) is 15.3. The zero-order valence-corrected chi connectivity index (χ0v) is 34.7. The van der Waals surface area contributed by atoms with E-state index in [9.17, 15) is 24.0 Å². The minimum absolute atomic E-state index is 0.196. The lowest BCUT2D eigenvalue weighted by molar-refractivity contribution is -0.115. The first-order valence-corrected chi connectivity index (χ1v) is 19.1. The van der Waals surface area contributed by atoms with Gasteiger partial charge in [0.05, 0.1) is 30.1 Å². The Balaban J connectivity index is 0.000000205. The number of hydrogen-bond acceptors (Lipinski definition) is 9. The number of aromatic nitrogens is 2. The highest BCUT2D eigenvalue weighted by Gasteiger charge is 2.23. The summed E-state index contributed by atoms with van der Waals surface area (Å²) in [4.78, 5) is 68.3. The van der Waals surface area contributed by atoms with Crippen LogP contribution in [0.5, 0.6) is 0 Å². The maximum atomic E-state index is 12.5. The molecule has 60 heavy (non-hydrogen) atoms. The lowest BCUT2D eigenvalue weighted by Gasteiger charge is -2.24. The normalized spacial score (nSPS) is 11.9. The number of hydrazone groups is 1. The van der Waals surface area contributed by atoms with Gasteiger partial charge in [0.25, 0.3) is 5.91 Å². The predicted octanol–water partition coefficient (Wildman–Crippen LogP) is 7.54. The van der Waals surface area contributed by atoms with E-state index in [1.54, 1.807) is 31.5 Å². The summed E-state index contributed by atoms with van der Waals surface area (Å²) in [7, 11) is 4.91. The summed E-state index contributed by atoms with van der Waals surface area (Å²) in [6.45, 7) is 9.46. The molecule has 6 aromatic rings. The van der Waals surface area contributed by atoms with Crippen molar-refractivity contribution in [2.45, 2.75) is 53.3 Å². The van der Waals surface area contributed by atoms with Gasteiger partial charge < -0.3 is 40.3 Å². The topological polar surface area (TPSA) is 199 Å². The Labute approximate surface area is 346 Å². The van der Waals surface area contributed by atoms with Crippen LogP contribution in [0, 0.1) is 0 Å². The summed E-state index contributed by atoms with van der Waals surface area (Å²) >= 11 is 0. The maximum absolute atomic E-state index is 12.5. The second kappa shape index (κ2) is 17.7. The first-order valence-electron chi connectivity index (χ1n) is 19.1. The van der Waals surface area contributed by atoms with Gasteiger partial charge in [-0.3, -0.25) is 14.4 Å². The lowest BCUT2D eigenvalue weighted by atomic mass is 10.0. The average Bonchev–Trinajstić information content (AvgIpc) is 3.73. The van der Waals surface area contributed by atoms with Gasteiger partial charge in [-0.25, -0.2) is 15.0 Å². The van der Waals surface area contributed by atoms with Gasteiger partial charge in [-0.05, 0) is 92.5 Å². The highest BCUT2D eigenvalue weighted by atomic mass is 16.6. The molecule has 1 aliphatic rings. The number of ether oxygens (including phenoxy) is 2. The van der Waals surface area contributed by atoms with E-state index in [1.807, 2.05) is 76.3 Å². The minimum atomic E-state index is -0.564. The summed E-state index contributed by atoms with van der Waals surface area (Å²) < 4.78 is 10.3. The SMILES string of the molecule is CNCc1cccc(-c2[nH]c3cc(NC(C)=O)cc4c3c2C=NNC4=O)c1.COC(=O)c1cc(NC(C)=O)cc2[nH]c(-c3cccc(CN(C)C(=O)OC(C)(C)C)c3)cc12. The second-order valence-electron chi connectivity index (χ2n) is 15.3. The van der Waals surface area contributed by atoms with Gasteiger partial charge in [0.2, 0.25) is 11.8 Å². The van der Waals surface area contributed by atoms with Crippen molar-refractivity contribution >= 4 is 69.2 Å². The zero-order chi connectivity index (χ0) is 43.3. The molecule has 15 heteroatoms. The van der Waals surface area contributed by atoms with E-state index in [0.29, 0.717) is 39.9 Å². The fraction of sp³-hybridized carbons (Fsp3) is 0.244. The molecular formula is C45H48N8O7. The number of nitrogens with one attached hydrogen (secondary N) is 6. The Morgan fingerprint density at radius 3 is 2.13 bits per heavy atom. The Bertz CT molecular complexity index is 2670. The molecule has 15 nitrogen and oxygen atoms in total. The third kappa shape index (κ3) is 9.88. The zero-order valence-electron chi connectivity index (χ0n) is 34.7. The average molecular weight is 813 g/mol. The van der Waals surface area contributed by atoms with Crippen LogP contribution in [0.15, 0.2) is 84.0 Å². The van der Waals surface area contributed by atoms with E-state index < -0.39 is 17.7 Å². The smallest absolute Gasteiger partial charge is 0.410 e. The van der Waals surface area contributed by atoms with Gasteiger partial charge in [0, 0.05) is 78.4 Å². The van der Waals surface area contributed by atoms with Crippen molar-refractivity contribution < 1.29 is 33.4 Å².